The number of ketones is 1. The van der Waals surface area contributed by atoms with Gasteiger partial charge in [0, 0.05) is 12.3 Å². The highest BCUT2D eigenvalue weighted by atomic mass is 32.2. The lowest BCUT2D eigenvalue weighted by atomic mass is 10.1. The molecule has 0 aromatic rings. The number of carbonyl (C=O) groups is 1. The van der Waals surface area contributed by atoms with Gasteiger partial charge in [0.1, 0.15) is 5.78 Å². The highest BCUT2D eigenvalue weighted by molar-refractivity contribution is 8.16. The minimum absolute atomic E-state index is 0.191. The molecule has 0 spiro atoms. The summed E-state index contributed by atoms with van der Waals surface area (Å²) in [5.41, 5.74) is 0. The fourth-order valence-electron chi connectivity index (χ4n) is 0.663. The summed E-state index contributed by atoms with van der Waals surface area (Å²) >= 11 is 3.52. The molecule has 0 aliphatic heterocycles. The lowest BCUT2D eigenvalue weighted by Crippen LogP contribution is -2.12. The predicted octanol–water partition coefficient (Wildman–Crippen LogP) is 2.65. The first kappa shape index (κ1) is 11.4. The van der Waals surface area contributed by atoms with Gasteiger partial charge < -0.3 is 0 Å². The number of thioether (sulfide) groups is 2. The van der Waals surface area contributed by atoms with Gasteiger partial charge in [-0.2, -0.15) is 23.5 Å². The minimum Gasteiger partial charge on any atom is -0.299 e. The van der Waals surface area contributed by atoms with Crippen molar-refractivity contribution in [3.63, 3.8) is 0 Å². The quantitative estimate of drug-likeness (QED) is 0.623. The second-order valence-electron chi connectivity index (χ2n) is 2.73. The molecule has 0 saturated carbocycles. The molecule has 0 aliphatic rings. The van der Waals surface area contributed by atoms with Gasteiger partial charge >= 0.3 is 0 Å². The van der Waals surface area contributed by atoms with E-state index in [1.165, 1.54) is 0 Å². The average Bonchev–Trinajstić information content (AvgIpc) is 1.99. The van der Waals surface area contributed by atoms with Gasteiger partial charge in [-0.25, -0.2) is 0 Å². The zero-order valence-corrected chi connectivity index (χ0v) is 9.22. The highest BCUT2D eigenvalue weighted by Gasteiger charge is 2.13. The summed E-state index contributed by atoms with van der Waals surface area (Å²) in [7, 11) is 0. The van der Waals surface area contributed by atoms with Crippen LogP contribution in [-0.4, -0.2) is 22.9 Å². The Morgan fingerprint density at radius 3 is 2.00 bits per heavy atom. The molecule has 0 bridgehead atoms. The summed E-state index contributed by atoms with van der Waals surface area (Å²) in [6.07, 6.45) is 4.81. The molecule has 3 heteroatoms. The van der Waals surface area contributed by atoms with Crippen LogP contribution in [0.3, 0.4) is 0 Å². The summed E-state index contributed by atoms with van der Waals surface area (Å²) < 4.78 is 0.449. The van der Waals surface area contributed by atoms with Crippen LogP contribution in [-0.2, 0) is 4.79 Å². The van der Waals surface area contributed by atoms with Gasteiger partial charge in [0.2, 0.25) is 0 Å². The topological polar surface area (TPSA) is 17.1 Å². The smallest absolute Gasteiger partial charge is 0.137 e. The molecule has 0 amide bonds. The molecule has 11 heavy (non-hydrogen) atoms. The van der Waals surface area contributed by atoms with Crippen LogP contribution in [0.15, 0.2) is 0 Å². The maximum Gasteiger partial charge on any atom is 0.137 e. The van der Waals surface area contributed by atoms with Gasteiger partial charge in [-0.3, -0.25) is 4.79 Å². The van der Waals surface area contributed by atoms with Crippen LogP contribution in [0.2, 0.25) is 0 Å². The van der Waals surface area contributed by atoms with Crippen LogP contribution in [0.1, 0.15) is 20.3 Å². The van der Waals surface area contributed by atoms with E-state index in [4.69, 9.17) is 0 Å². The Morgan fingerprint density at radius 2 is 1.73 bits per heavy atom. The van der Waals surface area contributed by atoms with Crippen LogP contribution in [0.25, 0.3) is 0 Å². The Morgan fingerprint density at radius 1 is 1.27 bits per heavy atom. The third-order valence-corrected chi connectivity index (χ3v) is 4.08. The largest absolute Gasteiger partial charge is 0.299 e. The summed E-state index contributed by atoms with van der Waals surface area (Å²) in [6, 6.07) is 0. The number of carbonyl (C=O) groups excluding carboxylic acids is 1. The van der Waals surface area contributed by atoms with Crippen molar-refractivity contribution in [2.75, 3.05) is 12.5 Å². The fourth-order valence-corrected chi connectivity index (χ4v) is 2.09. The van der Waals surface area contributed by atoms with E-state index < -0.39 is 0 Å². The maximum absolute atomic E-state index is 11.2. The molecule has 0 unspecified atom stereocenters. The van der Waals surface area contributed by atoms with Gasteiger partial charge in [-0.05, 0) is 12.5 Å². The third-order valence-electron chi connectivity index (χ3n) is 1.54. The Bertz CT molecular complexity index is 119. The first-order chi connectivity index (χ1) is 5.11. The van der Waals surface area contributed by atoms with Gasteiger partial charge in [0.05, 0.1) is 4.58 Å². The number of hydrogen-bond acceptors (Lipinski definition) is 3. The van der Waals surface area contributed by atoms with Crippen LogP contribution in [0.4, 0.5) is 0 Å². The van der Waals surface area contributed by atoms with Gasteiger partial charge in [0.15, 0.2) is 0 Å². The second kappa shape index (κ2) is 5.95. The molecular weight excluding hydrogens is 176 g/mol. The maximum atomic E-state index is 11.2. The van der Waals surface area contributed by atoms with E-state index in [9.17, 15) is 4.79 Å². The normalized spacial score (nSPS) is 11.1. The molecule has 0 aromatic heterocycles. The van der Waals surface area contributed by atoms with Crippen molar-refractivity contribution in [1.82, 2.24) is 0 Å². The Labute approximate surface area is 77.7 Å². The molecular formula is C8H16OS2. The Hall–Kier alpha value is 0.370. The lowest BCUT2D eigenvalue weighted by molar-refractivity contribution is -0.121. The minimum atomic E-state index is 0.191. The van der Waals surface area contributed by atoms with E-state index in [-0.39, 0.29) is 5.92 Å². The van der Waals surface area contributed by atoms with E-state index in [0.29, 0.717) is 16.8 Å². The van der Waals surface area contributed by atoms with E-state index in [1.807, 2.05) is 13.8 Å². The van der Waals surface area contributed by atoms with E-state index in [0.717, 1.165) is 0 Å². The van der Waals surface area contributed by atoms with Gasteiger partial charge in [-0.15, -0.1) is 0 Å². The molecule has 0 fully saturated rings. The van der Waals surface area contributed by atoms with Crippen LogP contribution in [0, 0.1) is 5.92 Å². The van der Waals surface area contributed by atoms with E-state index in [2.05, 4.69) is 12.5 Å². The molecule has 1 nitrogen and oxygen atoms in total. The molecule has 66 valence electrons. The molecule has 0 atom stereocenters. The van der Waals surface area contributed by atoms with Crippen LogP contribution >= 0.6 is 23.5 Å². The summed E-state index contributed by atoms with van der Waals surface area (Å²) in [6.45, 7) is 3.92. The van der Waals surface area contributed by atoms with Crippen molar-refractivity contribution >= 4 is 29.3 Å². The van der Waals surface area contributed by atoms with Crippen LogP contribution < -0.4 is 0 Å². The monoisotopic (exact) mass is 192 g/mol. The lowest BCUT2D eigenvalue weighted by Gasteiger charge is -2.11. The van der Waals surface area contributed by atoms with E-state index in [1.54, 1.807) is 23.5 Å². The molecule has 0 saturated heterocycles. The Kier molecular flexibility index (Phi) is 6.15. The molecule has 0 heterocycles. The molecule has 0 aromatic carbocycles. The standard InChI is InChI=1S/C8H16OS2/c1-6(2)7(9)5-8(10-3)11-4/h6,8H,5H2,1-4H3. The van der Waals surface area contributed by atoms with Gasteiger partial charge in [-0.1, -0.05) is 13.8 Å². The van der Waals surface area contributed by atoms with Crippen molar-refractivity contribution in [3.05, 3.63) is 0 Å². The SMILES string of the molecule is CSC(CC(=O)C(C)C)SC. The van der Waals surface area contributed by atoms with Crippen molar-refractivity contribution < 1.29 is 4.79 Å². The fraction of sp³-hybridized carbons (Fsp3) is 0.875. The summed E-state index contributed by atoms with van der Waals surface area (Å²) in [4.78, 5) is 11.2. The summed E-state index contributed by atoms with van der Waals surface area (Å²) in [5.74, 6) is 0.565. The van der Waals surface area contributed by atoms with Crippen LogP contribution in [0.5, 0.6) is 0 Å². The number of Topliss-reactive ketones (excluding diaryl/α,β-unsaturated/α-hetero) is 1. The Balaban J connectivity index is 3.72. The second-order valence-corrected chi connectivity index (χ2v) is 5.11. The zero-order valence-electron chi connectivity index (χ0n) is 7.59. The number of rotatable bonds is 5. The zero-order chi connectivity index (χ0) is 8.85. The summed E-state index contributed by atoms with van der Waals surface area (Å²) in [5, 5.41) is 0. The first-order valence-electron chi connectivity index (χ1n) is 3.70. The molecule has 0 rings (SSSR count). The average molecular weight is 192 g/mol. The van der Waals surface area contributed by atoms with Crippen molar-refractivity contribution in [1.29, 1.82) is 0 Å². The molecule has 0 N–H and O–H groups in total. The van der Waals surface area contributed by atoms with E-state index >= 15 is 0 Å². The van der Waals surface area contributed by atoms with Crippen molar-refractivity contribution in [2.45, 2.75) is 24.9 Å². The highest BCUT2D eigenvalue weighted by Crippen LogP contribution is 2.23. The number of hydrogen-bond donors (Lipinski definition) is 0. The molecule has 0 radical (unpaired) electrons. The predicted molar refractivity (Wildman–Crippen MR) is 55.3 cm³/mol. The van der Waals surface area contributed by atoms with Crippen molar-refractivity contribution in [2.24, 2.45) is 5.92 Å². The molecule has 0 aliphatic carbocycles. The van der Waals surface area contributed by atoms with Gasteiger partial charge in [0.25, 0.3) is 0 Å². The first-order valence-corrected chi connectivity index (χ1v) is 6.27. The third kappa shape index (κ3) is 4.75. The van der Waals surface area contributed by atoms with Crippen molar-refractivity contribution in [3.8, 4) is 0 Å².